The number of hydrogen-bond donors (Lipinski definition) is 3. The molecule has 0 bridgehead atoms. The second-order valence-electron chi connectivity index (χ2n) is 25.4. The summed E-state index contributed by atoms with van der Waals surface area (Å²) in [7, 11) is -9.89. The molecule has 17 nitrogen and oxygen atoms in total. The second-order valence-corrected chi connectivity index (χ2v) is 28.3. The molecule has 0 aromatic heterocycles. The van der Waals surface area contributed by atoms with Crippen LogP contribution >= 0.6 is 15.6 Å². The minimum Gasteiger partial charge on any atom is -0.462 e. The van der Waals surface area contributed by atoms with Crippen molar-refractivity contribution < 1.29 is 80.2 Å². The molecule has 0 radical (unpaired) electrons. The van der Waals surface area contributed by atoms with Crippen molar-refractivity contribution in [1.29, 1.82) is 0 Å². The topological polar surface area (TPSA) is 237 Å². The summed E-state index contributed by atoms with van der Waals surface area (Å²) in [5, 5.41) is 10.6. The molecule has 0 saturated heterocycles. The summed E-state index contributed by atoms with van der Waals surface area (Å²) in [5.41, 5.74) is 0. The first-order valence-corrected chi connectivity index (χ1v) is 37.9. The van der Waals surface area contributed by atoms with E-state index in [1.54, 1.807) is 0 Å². The number of aliphatic hydroxyl groups is 1. The summed E-state index contributed by atoms with van der Waals surface area (Å²) in [6.45, 7) is 11.8. The molecule has 3 N–H and O–H groups in total. The van der Waals surface area contributed by atoms with E-state index in [-0.39, 0.29) is 25.7 Å². The monoisotopic (exact) mass is 1270 g/mol. The van der Waals surface area contributed by atoms with Crippen LogP contribution in [0.3, 0.4) is 0 Å². The van der Waals surface area contributed by atoms with Crippen molar-refractivity contribution in [3.8, 4) is 0 Å². The fraction of sp³-hybridized carbons (Fsp3) is 0.940. The predicted molar refractivity (Wildman–Crippen MR) is 344 cm³/mol. The van der Waals surface area contributed by atoms with Crippen LogP contribution in [0, 0.1) is 17.8 Å². The lowest BCUT2D eigenvalue weighted by Gasteiger charge is -2.21. The van der Waals surface area contributed by atoms with E-state index in [1.807, 2.05) is 0 Å². The fourth-order valence-corrected chi connectivity index (χ4v) is 11.6. The van der Waals surface area contributed by atoms with Gasteiger partial charge in [0, 0.05) is 25.7 Å². The lowest BCUT2D eigenvalue weighted by atomic mass is 9.99. The molecule has 0 aromatic rings. The zero-order valence-electron chi connectivity index (χ0n) is 55.8. The number of aliphatic hydroxyl groups excluding tert-OH is 1. The maximum Gasteiger partial charge on any atom is 0.472 e. The molecule has 0 rings (SSSR count). The van der Waals surface area contributed by atoms with Crippen LogP contribution < -0.4 is 0 Å². The van der Waals surface area contributed by atoms with Gasteiger partial charge in [0.25, 0.3) is 0 Å². The Bertz CT molecular complexity index is 1700. The summed E-state index contributed by atoms with van der Waals surface area (Å²) in [4.78, 5) is 72.4. The van der Waals surface area contributed by atoms with Gasteiger partial charge < -0.3 is 33.8 Å². The molecular formula is C67H130O17P2. The Kier molecular flexibility index (Phi) is 56.9. The first-order chi connectivity index (χ1) is 41.3. The van der Waals surface area contributed by atoms with Crippen molar-refractivity contribution in [2.45, 2.75) is 349 Å². The third kappa shape index (κ3) is 59.7. The Morgan fingerprint density at radius 2 is 0.593 bits per heavy atom. The Hall–Kier alpha value is -1.94. The fourth-order valence-electron chi connectivity index (χ4n) is 9.98. The number of phosphoric acid groups is 2. The normalized spacial score (nSPS) is 14.6. The number of carbonyl (C=O) groups is 4. The van der Waals surface area contributed by atoms with Gasteiger partial charge in [-0.1, -0.05) is 280 Å². The van der Waals surface area contributed by atoms with Gasteiger partial charge in [0.1, 0.15) is 19.3 Å². The standard InChI is InChI=1S/C67H130O17P2/c1-8-10-11-12-13-14-15-19-28-36-43-50-66(71)84-63(55-78-65(70)49-42-35-30-23-25-32-39-46-59(5)6)57-82-86(75,76)80-53-61(68)52-79-85(73,74)81-56-62(54-77-64(69)48-41-34-27-22-21-24-31-38-45-58(3)4)83-67(72)51-44-37-29-20-17-16-18-26-33-40-47-60(7)9-2/h58-63,68H,8-57H2,1-7H3,(H,73,74)(H,75,76)/t60?,61-,62-,63-/m1/s1. The number of carbonyl (C=O) groups excluding carboxylic acids is 4. The van der Waals surface area contributed by atoms with Crippen molar-refractivity contribution >= 4 is 39.5 Å². The molecule has 86 heavy (non-hydrogen) atoms. The van der Waals surface area contributed by atoms with Crippen molar-refractivity contribution in [2.75, 3.05) is 39.6 Å². The van der Waals surface area contributed by atoms with Crippen LogP contribution in [0.5, 0.6) is 0 Å². The van der Waals surface area contributed by atoms with Gasteiger partial charge in [0.15, 0.2) is 12.2 Å². The minimum absolute atomic E-state index is 0.105. The first-order valence-electron chi connectivity index (χ1n) is 34.9. The third-order valence-corrected chi connectivity index (χ3v) is 17.6. The second kappa shape index (κ2) is 58.2. The molecule has 0 aromatic carbocycles. The molecular weight excluding hydrogens is 1140 g/mol. The number of unbranched alkanes of at least 4 members (excludes halogenated alkanes) is 32. The van der Waals surface area contributed by atoms with E-state index in [0.717, 1.165) is 108 Å². The van der Waals surface area contributed by atoms with Crippen LogP contribution in [-0.2, 0) is 65.4 Å². The van der Waals surface area contributed by atoms with Crippen LogP contribution in [0.4, 0.5) is 0 Å². The predicted octanol–water partition coefficient (Wildman–Crippen LogP) is 18.7. The van der Waals surface area contributed by atoms with Crippen LogP contribution in [0.25, 0.3) is 0 Å². The van der Waals surface area contributed by atoms with Crippen molar-refractivity contribution in [2.24, 2.45) is 17.8 Å². The largest absolute Gasteiger partial charge is 0.472 e. The number of phosphoric ester groups is 2. The molecule has 0 heterocycles. The quantitative estimate of drug-likeness (QED) is 0.0222. The molecule has 6 atom stereocenters. The van der Waals surface area contributed by atoms with E-state index in [4.69, 9.17) is 37.0 Å². The molecule has 0 fully saturated rings. The van der Waals surface area contributed by atoms with Gasteiger partial charge in [-0.25, -0.2) is 9.13 Å². The van der Waals surface area contributed by atoms with E-state index in [1.165, 1.54) is 135 Å². The summed E-state index contributed by atoms with van der Waals surface area (Å²) >= 11 is 0. The Morgan fingerprint density at radius 1 is 0.337 bits per heavy atom. The lowest BCUT2D eigenvalue weighted by Crippen LogP contribution is -2.30. The highest BCUT2D eigenvalue weighted by Gasteiger charge is 2.30. The highest BCUT2D eigenvalue weighted by Crippen LogP contribution is 2.45. The van der Waals surface area contributed by atoms with Gasteiger partial charge in [0.2, 0.25) is 0 Å². The van der Waals surface area contributed by atoms with E-state index in [2.05, 4.69) is 48.5 Å². The number of rotatable bonds is 65. The maximum atomic E-state index is 13.0. The molecule has 0 aliphatic heterocycles. The van der Waals surface area contributed by atoms with Gasteiger partial charge >= 0.3 is 39.5 Å². The van der Waals surface area contributed by atoms with Crippen molar-refractivity contribution in [3.05, 3.63) is 0 Å². The van der Waals surface area contributed by atoms with Gasteiger partial charge in [-0.3, -0.25) is 37.3 Å². The van der Waals surface area contributed by atoms with Crippen LogP contribution in [0.1, 0.15) is 331 Å². The highest BCUT2D eigenvalue weighted by molar-refractivity contribution is 7.47. The maximum absolute atomic E-state index is 13.0. The van der Waals surface area contributed by atoms with Crippen LogP contribution in [0.2, 0.25) is 0 Å². The molecule has 19 heteroatoms. The highest BCUT2D eigenvalue weighted by atomic mass is 31.2. The van der Waals surface area contributed by atoms with Crippen LogP contribution in [0.15, 0.2) is 0 Å². The van der Waals surface area contributed by atoms with Crippen molar-refractivity contribution in [3.63, 3.8) is 0 Å². The van der Waals surface area contributed by atoms with Crippen molar-refractivity contribution in [1.82, 2.24) is 0 Å². The van der Waals surface area contributed by atoms with Gasteiger partial charge in [-0.2, -0.15) is 0 Å². The number of hydrogen-bond acceptors (Lipinski definition) is 15. The smallest absolute Gasteiger partial charge is 0.462 e. The average Bonchev–Trinajstić information content (AvgIpc) is 3.66. The zero-order valence-corrected chi connectivity index (χ0v) is 57.6. The molecule has 0 aliphatic carbocycles. The first kappa shape index (κ1) is 84.1. The Labute approximate surface area is 524 Å². The minimum atomic E-state index is -4.95. The number of ether oxygens (including phenoxy) is 4. The SMILES string of the molecule is CCCCCCCCCCCCCC(=O)O[C@H](COC(=O)CCCCCCCCCC(C)C)COP(=O)(O)OC[C@H](O)COP(=O)(O)OC[C@@H](COC(=O)CCCCCCCCCCC(C)C)OC(=O)CCCCCCCCCCCCC(C)CC. The molecule has 3 unspecified atom stereocenters. The average molecular weight is 1270 g/mol. The van der Waals surface area contributed by atoms with Gasteiger partial charge in [-0.05, 0) is 43.4 Å². The summed E-state index contributed by atoms with van der Waals surface area (Å²) in [5.74, 6) is 0.103. The summed E-state index contributed by atoms with van der Waals surface area (Å²) in [6.07, 6.45) is 40.3. The summed E-state index contributed by atoms with van der Waals surface area (Å²) < 4.78 is 68.1. The van der Waals surface area contributed by atoms with E-state index >= 15 is 0 Å². The Balaban J connectivity index is 5.26. The van der Waals surface area contributed by atoms with E-state index in [0.29, 0.717) is 31.6 Å². The van der Waals surface area contributed by atoms with Gasteiger partial charge in [-0.15, -0.1) is 0 Å². The van der Waals surface area contributed by atoms with Gasteiger partial charge in [0.05, 0.1) is 26.4 Å². The molecule has 0 spiro atoms. The molecule has 0 saturated carbocycles. The lowest BCUT2D eigenvalue weighted by molar-refractivity contribution is -0.161. The van der Waals surface area contributed by atoms with E-state index in [9.17, 15) is 43.2 Å². The molecule has 0 aliphatic rings. The molecule has 510 valence electrons. The third-order valence-electron chi connectivity index (χ3n) is 15.7. The summed E-state index contributed by atoms with van der Waals surface area (Å²) in [6, 6.07) is 0. The van der Waals surface area contributed by atoms with Crippen LogP contribution in [-0.4, -0.2) is 96.7 Å². The Morgan fingerprint density at radius 3 is 0.884 bits per heavy atom. The molecule has 0 amide bonds. The number of esters is 4. The zero-order chi connectivity index (χ0) is 63.8. The van der Waals surface area contributed by atoms with E-state index < -0.39 is 97.5 Å².